The largest absolute Gasteiger partial charge is 0.496 e. The molecule has 0 radical (unpaired) electrons. The van der Waals surface area contributed by atoms with E-state index in [2.05, 4.69) is 15.9 Å². The Morgan fingerprint density at radius 2 is 1.56 bits per heavy atom. The van der Waals surface area contributed by atoms with Gasteiger partial charge in [0.25, 0.3) is 0 Å². The lowest BCUT2D eigenvalue weighted by Gasteiger charge is -2.43. The standard InChI is InChI=1S/C28H33N3O4.ClH/c1-4-27(30-18-16-29(17-19-30)24-12-8-9-13-25(24)34-2)31(28(32)33)22-14-15-23(26(20-22)35-3)21-10-6-5-7-11-21;/h5-15,20,27H,4,16-19H2,1-3H3,(H,32,33);1H. The van der Waals surface area contributed by atoms with E-state index in [1.165, 1.54) is 4.90 Å². The number of nitrogens with zero attached hydrogens (tertiary/aromatic N) is 3. The average molecular weight is 512 g/mol. The third-order valence-corrected chi connectivity index (χ3v) is 6.58. The van der Waals surface area contributed by atoms with Crippen LogP contribution in [-0.2, 0) is 0 Å². The second kappa shape index (κ2) is 12.5. The summed E-state index contributed by atoms with van der Waals surface area (Å²) in [6.07, 6.45) is -0.581. The Bertz CT molecular complexity index is 1140. The molecule has 0 spiro atoms. The van der Waals surface area contributed by atoms with Crippen LogP contribution in [0.5, 0.6) is 11.5 Å². The van der Waals surface area contributed by atoms with Crippen molar-refractivity contribution in [1.29, 1.82) is 0 Å². The lowest BCUT2D eigenvalue weighted by molar-refractivity contribution is 0.154. The number of amides is 1. The van der Waals surface area contributed by atoms with E-state index in [1.54, 1.807) is 14.2 Å². The molecule has 1 aliphatic rings. The molecule has 1 atom stereocenters. The van der Waals surface area contributed by atoms with Gasteiger partial charge in [-0.05, 0) is 36.2 Å². The molecule has 0 aromatic heterocycles. The lowest BCUT2D eigenvalue weighted by Crippen LogP contribution is -2.57. The van der Waals surface area contributed by atoms with E-state index in [0.717, 1.165) is 48.7 Å². The van der Waals surface area contributed by atoms with Crippen molar-refractivity contribution < 1.29 is 19.4 Å². The molecule has 0 saturated carbocycles. The Kier molecular flexibility index (Phi) is 9.44. The number of carbonyl (C=O) groups is 1. The predicted molar refractivity (Wildman–Crippen MR) is 147 cm³/mol. The maximum Gasteiger partial charge on any atom is 0.413 e. The smallest absolute Gasteiger partial charge is 0.413 e. The molecule has 36 heavy (non-hydrogen) atoms. The number of benzene rings is 3. The molecule has 4 rings (SSSR count). The van der Waals surface area contributed by atoms with Crippen molar-refractivity contribution in [2.45, 2.75) is 19.5 Å². The number of anilines is 2. The Morgan fingerprint density at radius 3 is 2.17 bits per heavy atom. The minimum absolute atomic E-state index is 0. The number of rotatable bonds is 8. The fourth-order valence-electron chi connectivity index (χ4n) is 4.85. The number of hydrogen-bond acceptors (Lipinski definition) is 5. The van der Waals surface area contributed by atoms with Crippen molar-refractivity contribution in [2.24, 2.45) is 0 Å². The van der Waals surface area contributed by atoms with Crippen LogP contribution in [0.3, 0.4) is 0 Å². The lowest BCUT2D eigenvalue weighted by atomic mass is 10.0. The molecule has 1 heterocycles. The summed E-state index contributed by atoms with van der Waals surface area (Å²) in [5.74, 6) is 1.50. The van der Waals surface area contributed by atoms with Gasteiger partial charge in [0, 0.05) is 37.8 Å². The van der Waals surface area contributed by atoms with E-state index in [1.807, 2.05) is 73.7 Å². The fourth-order valence-corrected chi connectivity index (χ4v) is 4.85. The zero-order chi connectivity index (χ0) is 24.8. The summed E-state index contributed by atoms with van der Waals surface area (Å²) in [5.41, 5.74) is 3.63. The fraction of sp³-hybridized carbons (Fsp3) is 0.321. The predicted octanol–water partition coefficient (Wildman–Crippen LogP) is 5.84. The molecular weight excluding hydrogens is 478 g/mol. The van der Waals surface area contributed by atoms with E-state index in [-0.39, 0.29) is 18.6 Å². The quantitative estimate of drug-likeness (QED) is 0.410. The van der Waals surface area contributed by atoms with Crippen molar-refractivity contribution in [3.05, 3.63) is 72.8 Å². The third kappa shape index (κ3) is 5.69. The molecular formula is C28H34ClN3O4. The second-order valence-corrected chi connectivity index (χ2v) is 8.49. The van der Waals surface area contributed by atoms with Gasteiger partial charge in [0.05, 0.1) is 31.8 Å². The number of halogens is 1. The summed E-state index contributed by atoms with van der Waals surface area (Å²) in [7, 11) is 3.30. The summed E-state index contributed by atoms with van der Waals surface area (Å²) in [6.45, 7) is 5.11. The van der Waals surface area contributed by atoms with Gasteiger partial charge in [0.1, 0.15) is 11.5 Å². The van der Waals surface area contributed by atoms with E-state index in [4.69, 9.17) is 9.47 Å². The molecule has 0 aliphatic carbocycles. The monoisotopic (exact) mass is 511 g/mol. The first kappa shape index (κ1) is 27.2. The van der Waals surface area contributed by atoms with Gasteiger partial charge in [-0.25, -0.2) is 4.79 Å². The SMILES string of the molecule is CCC(N1CCN(c2ccccc2OC)CC1)N(C(=O)O)c1ccc(-c2ccccc2)c(OC)c1.Cl. The maximum absolute atomic E-state index is 12.5. The van der Waals surface area contributed by atoms with Crippen LogP contribution in [-0.4, -0.2) is 62.7 Å². The summed E-state index contributed by atoms with van der Waals surface area (Å²) in [5, 5.41) is 10.2. The van der Waals surface area contributed by atoms with Crippen LogP contribution < -0.4 is 19.3 Å². The third-order valence-electron chi connectivity index (χ3n) is 6.58. The summed E-state index contributed by atoms with van der Waals surface area (Å²) in [6, 6.07) is 23.6. The first-order chi connectivity index (χ1) is 17.1. The zero-order valence-corrected chi connectivity index (χ0v) is 21.8. The minimum Gasteiger partial charge on any atom is -0.496 e. The number of methoxy groups -OCH3 is 2. The molecule has 1 fully saturated rings. The molecule has 1 N–H and O–H groups in total. The molecule has 1 amide bonds. The van der Waals surface area contributed by atoms with Gasteiger partial charge in [0.2, 0.25) is 0 Å². The Morgan fingerprint density at radius 1 is 0.917 bits per heavy atom. The molecule has 1 unspecified atom stereocenters. The van der Waals surface area contributed by atoms with E-state index in [9.17, 15) is 9.90 Å². The van der Waals surface area contributed by atoms with Gasteiger partial charge in [-0.3, -0.25) is 9.80 Å². The molecule has 3 aromatic rings. The number of piperazine rings is 1. The van der Waals surface area contributed by atoms with Crippen molar-refractivity contribution in [3.8, 4) is 22.6 Å². The highest BCUT2D eigenvalue weighted by molar-refractivity contribution is 5.88. The number of hydrogen-bond donors (Lipinski definition) is 1. The molecule has 3 aromatic carbocycles. The van der Waals surface area contributed by atoms with E-state index in [0.29, 0.717) is 17.9 Å². The number of carboxylic acid groups (broad SMARTS) is 1. The topological polar surface area (TPSA) is 65.5 Å². The van der Waals surface area contributed by atoms with Crippen LogP contribution in [0.4, 0.5) is 16.2 Å². The van der Waals surface area contributed by atoms with Crippen molar-refractivity contribution in [2.75, 3.05) is 50.2 Å². The van der Waals surface area contributed by atoms with Gasteiger partial charge < -0.3 is 19.5 Å². The Hall–Kier alpha value is -3.42. The summed E-state index contributed by atoms with van der Waals surface area (Å²) in [4.78, 5) is 18.5. The molecule has 7 nitrogen and oxygen atoms in total. The Balaban J connectivity index is 0.00000361. The van der Waals surface area contributed by atoms with Crippen LogP contribution in [0.25, 0.3) is 11.1 Å². The van der Waals surface area contributed by atoms with Gasteiger partial charge in [-0.1, -0.05) is 49.4 Å². The van der Waals surface area contributed by atoms with Crippen LogP contribution in [0.1, 0.15) is 13.3 Å². The van der Waals surface area contributed by atoms with Crippen LogP contribution >= 0.6 is 12.4 Å². The molecule has 1 saturated heterocycles. The number of para-hydroxylation sites is 2. The molecule has 192 valence electrons. The highest BCUT2D eigenvalue weighted by atomic mass is 35.5. The highest BCUT2D eigenvalue weighted by Gasteiger charge is 2.32. The van der Waals surface area contributed by atoms with Gasteiger partial charge in [-0.15, -0.1) is 12.4 Å². The first-order valence-electron chi connectivity index (χ1n) is 11.9. The van der Waals surface area contributed by atoms with Crippen molar-refractivity contribution in [3.63, 3.8) is 0 Å². The highest BCUT2D eigenvalue weighted by Crippen LogP contribution is 2.35. The summed E-state index contributed by atoms with van der Waals surface area (Å²) >= 11 is 0. The molecule has 0 bridgehead atoms. The van der Waals surface area contributed by atoms with E-state index < -0.39 is 6.09 Å². The normalized spacial score (nSPS) is 14.5. The van der Waals surface area contributed by atoms with Crippen LogP contribution in [0, 0.1) is 0 Å². The molecule has 8 heteroatoms. The van der Waals surface area contributed by atoms with Crippen LogP contribution in [0.2, 0.25) is 0 Å². The van der Waals surface area contributed by atoms with Gasteiger partial charge in [0.15, 0.2) is 0 Å². The van der Waals surface area contributed by atoms with Gasteiger partial charge >= 0.3 is 6.09 Å². The van der Waals surface area contributed by atoms with Gasteiger partial charge in [-0.2, -0.15) is 0 Å². The Labute approximate surface area is 219 Å². The van der Waals surface area contributed by atoms with Crippen molar-refractivity contribution in [1.82, 2.24) is 4.90 Å². The van der Waals surface area contributed by atoms with Crippen LogP contribution in [0.15, 0.2) is 72.8 Å². The summed E-state index contributed by atoms with van der Waals surface area (Å²) < 4.78 is 11.2. The van der Waals surface area contributed by atoms with E-state index >= 15 is 0 Å². The average Bonchev–Trinajstić information content (AvgIpc) is 2.91. The zero-order valence-electron chi connectivity index (χ0n) is 21.0. The number of ether oxygens (including phenoxy) is 2. The minimum atomic E-state index is -0.974. The second-order valence-electron chi connectivity index (χ2n) is 8.49. The van der Waals surface area contributed by atoms with Crippen molar-refractivity contribution >= 4 is 29.9 Å². The molecule has 1 aliphatic heterocycles. The maximum atomic E-state index is 12.5. The first-order valence-corrected chi connectivity index (χ1v) is 11.9.